The van der Waals surface area contributed by atoms with E-state index in [1.54, 1.807) is 0 Å². The Balaban J connectivity index is 1.78. The van der Waals surface area contributed by atoms with Crippen LogP contribution in [-0.4, -0.2) is 32.8 Å². The Morgan fingerprint density at radius 3 is 2.86 bits per heavy atom. The van der Waals surface area contributed by atoms with Crippen molar-refractivity contribution in [2.45, 2.75) is 58.5 Å². The first-order chi connectivity index (χ1) is 10.3. The van der Waals surface area contributed by atoms with Crippen molar-refractivity contribution in [1.29, 1.82) is 0 Å². The van der Waals surface area contributed by atoms with E-state index >= 15 is 0 Å². The molecule has 2 aromatic heterocycles. The summed E-state index contributed by atoms with van der Waals surface area (Å²) in [4.78, 5) is 8.43. The number of aryl methyl sites for hydroxylation is 1. The van der Waals surface area contributed by atoms with Crippen LogP contribution in [0.15, 0.2) is 12.5 Å². The molecule has 3 rings (SSSR count). The van der Waals surface area contributed by atoms with Gasteiger partial charge in [-0.1, -0.05) is 11.6 Å². The predicted molar refractivity (Wildman–Crippen MR) is 86.1 cm³/mol. The maximum absolute atomic E-state index is 6.19. The summed E-state index contributed by atoms with van der Waals surface area (Å²) in [6.45, 7) is 8.81. The topological polar surface area (TPSA) is 49.2 Å². The van der Waals surface area contributed by atoms with Gasteiger partial charge in [-0.2, -0.15) is 0 Å². The maximum Gasteiger partial charge on any atom is 0.147 e. The second-order valence-corrected chi connectivity index (χ2v) is 7.15. The standard InChI is InChI=1S/C16H22ClN3O2/c1-10-7-20(15-13(10)14(17)18-9-19-15)12-6-5-11(22-12)8-21-16(2,3)4/h7,9,11-12H,5-6,8H2,1-4H3. The number of halogens is 1. The molecule has 0 aromatic carbocycles. The number of aromatic nitrogens is 3. The zero-order valence-electron chi connectivity index (χ0n) is 13.5. The van der Waals surface area contributed by atoms with Gasteiger partial charge in [-0.3, -0.25) is 0 Å². The number of ether oxygens (including phenoxy) is 2. The van der Waals surface area contributed by atoms with Gasteiger partial charge >= 0.3 is 0 Å². The van der Waals surface area contributed by atoms with Gasteiger partial charge in [0, 0.05) is 6.20 Å². The fourth-order valence-electron chi connectivity index (χ4n) is 2.80. The number of nitrogens with zero attached hydrogens (tertiary/aromatic N) is 3. The smallest absolute Gasteiger partial charge is 0.147 e. The molecule has 2 atom stereocenters. The summed E-state index contributed by atoms with van der Waals surface area (Å²) in [5.74, 6) is 0. The molecular weight excluding hydrogens is 302 g/mol. The van der Waals surface area contributed by atoms with E-state index in [-0.39, 0.29) is 17.9 Å². The van der Waals surface area contributed by atoms with E-state index in [0.717, 1.165) is 29.4 Å². The summed E-state index contributed by atoms with van der Waals surface area (Å²) in [7, 11) is 0. The monoisotopic (exact) mass is 323 g/mol. The Kier molecular flexibility index (Phi) is 4.14. The maximum atomic E-state index is 6.19. The molecule has 120 valence electrons. The lowest BCUT2D eigenvalue weighted by Crippen LogP contribution is -2.26. The van der Waals surface area contributed by atoms with Crippen molar-refractivity contribution in [3.05, 3.63) is 23.2 Å². The molecule has 0 bridgehead atoms. The van der Waals surface area contributed by atoms with Crippen LogP contribution in [0.25, 0.3) is 11.0 Å². The average Bonchev–Trinajstić information content (AvgIpc) is 3.01. The summed E-state index contributed by atoms with van der Waals surface area (Å²) < 4.78 is 14.0. The van der Waals surface area contributed by atoms with E-state index < -0.39 is 0 Å². The lowest BCUT2D eigenvalue weighted by molar-refractivity contribution is -0.0817. The summed E-state index contributed by atoms with van der Waals surface area (Å²) >= 11 is 6.19. The van der Waals surface area contributed by atoms with Crippen LogP contribution in [0.2, 0.25) is 5.15 Å². The van der Waals surface area contributed by atoms with Gasteiger partial charge in [0.25, 0.3) is 0 Å². The summed E-state index contributed by atoms with van der Waals surface area (Å²) in [6, 6.07) is 0. The minimum Gasteiger partial charge on any atom is -0.373 e. The lowest BCUT2D eigenvalue weighted by atomic mass is 10.2. The highest BCUT2D eigenvalue weighted by Gasteiger charge is 2.29. The van der Waals surface area contributed by atoms with E-state index in [0.29, 0.717) is 11.8 Å². The van der Waals surface area contributed by atoms with E-state index in [1.165, 1.54) is 6.33 Å². The third kappa shape index (κ3) is 3.12. The van der Waals surface area contributed by atoms with E-state index in [4.69, 9.17) is 21.1 Å². The number of fused-ring (bicyclic) bond motifs is 1. The highest BCUT2D eigenvalue weighted by Crippen LogP contribution is 2.34. The van der Waals surface area contributed by atoms with Crippen LogP contribution in [0, 0.1) is 6.92 Å². The molecule has 2 aromatic rings. The van der Waals surface area contributed by atoms with E-state index in [9.17, 15) is 0 Å². The van der Waals surface area contributed by atoms with Crippen molar-refractivity contribution in [2.24, 2.45) is 0 Å². The molecule has 1 aliphatic heterocycles. The number of hydrogen-bond acceptors (Lipinski definition) is 4. The van der Waals surface area contributed by atoms with Crippen LogP contribution in [0.3, 0.4) is 0 Å². The van der Waals surface area contributed by atoms with Crippen molar-refractivity contribution in [1.82, 2.24) is 14.5 Å². The molecule has 0 saturated carbocycles. The zero-order chi connectivity index (χ0) is 15.9. The van der Waals surface area contributed by atoms with Crippen LogP contribution >= 0.6 is 11.6 Å². The first-order valence-corrected chi connectivity index (χ1v) is 8.00. The van der Waals surface area contributed by atoms with Crippen LogP contribution in [0.1, 0.15) is 45.4 Å². The molecule has 1 aliphatic rings. The molecule has 6 heteroatoms. The molecule has 22 heavy (non-hydrogen) atoms. The molecule has 1 saturated heterocycles. The van der Waals surface area contributed by atoms with Gasteiger partial charge < -0.3 is 14.0 Å². The Labute approximate surface area is 135 Å². The number of rotatable bonds is 3. The van der Waals surface area contributed by atoms with Gasteiger partial charge in [0.05, 0.1) is 23.7 Å². The van der Waals surface area contributed by atoms with E-state index in [1.807, 2.05) is 13.1 Å². The second kappa shape index (κ2) is 5.80. The van der Waals surface area contributed by atoms with Gasteiger partial charge in [-0.15, -0.1) is 0 Å². The van der Waals surface area contributed by atoms with Crippen molar-refractivity contribution in [2.75, 3.05) is 6.61 Å². The van der Waals surface area contributed by atoms with Gasteiger partial charge in [-0.25, -0.2) is 9.97 Å². The summed E-state index contributed by atoms with van der Waals surface area (Å²) in [6.07, 6.45) is 5.58. The average molecular weight is 324 g/mol. The molecule has 0 aliphatic carbocycles. The second-order valence-electron chi connectivity index (χ2n) is 6.80. The highest BCUT2D eigenvalue weighted by atomic mass is 35.5. The van der Waals surface area contributed by atoms with Crippen molar-refractivity contribution >= 4 is 22.6 Å². The van der Waals surface area contributed by atoms with Gasteiger partial charge in [0.1, 0.15) is 23.4 Å². The molecular formula is C16H22ClN3O2. The number of hydrogen-bond donors (Lipinski definition) is 0. The Hall–Kier alpha value is -1.17. The summed E-state index contributed by atoms with van der Waals surface area (Å²) in [5.41, 5.74) is 1.76. The molecule has 2 unspecified atom stereocenters. The quantitative estimate of drug-likeness (QED) is 0.804. The van der Waals surface area contributed by atoms with Gasteiger partial charge in [0.15, 0.2) is 0 Å². The molecule has 5 nitrogen and oxygen atoms in total. The van der Waals surface area contributed by atoms with Crippen molar-refractivity contribution < 1.29 is 9.47 Å². The molecule has 3 heterocycles. The van der Waals surface area contributed by atoms with Crippen molar-refractivity contribution in [3.63, 3.8) is 0 Å². The predicted octanol–water partition coefficient (Wildman–Crippen LogP) is 3.89. The molecule has 0 N–H and O–H groups in total. The Morgan fingerprint density at radius 2 is 2.14 bits per heavy atom. The first kappa shape index (κ1) is 15.7. The van der Waals surface area contributed by atoms with Crippen LogP contribution in [-0.2, 0) is 9.47 Å². The van der Waals surface area contributed by atoms with Crippen LogP contribution < -0.4 is 0 Å². The van der Waals surface area contributed by atoms with Gasteiger partial charge in [-0.05, 0) is 46.1 Å². The van der Waals surface area contributed by atoms with E-state index in [2.05, 4.69) is 35.3 Å². The van der Waals surface area contributed by atoms with Crippen LogP contribution in [0.4, 0.5) is 0 Å². The van der Waals surface area contributed by atoms with Crippen molar-refractivity contribution in [3.8, 4) is 0 Å². The Morgan fingerprint density at radius 1 is 1.36 bits per heavy atom. The summed E-state index contributed by atoms with van der Waals surface area (Å²) in [5, 5.41) is 1.40. The fourth-order valence-corrected chi connectivity index (χ4v) is 3.08. The van der Waals surface area contributed by atoms with Gasteiger partial charge in [0.2, 0.25) is 0 Å². The lowest BCUT2D eigenvalue weighted by Gasteiger charge is -2.22. The molecule has 1 fully saturated rings. The Bertz CT molecular complexity index is 678. The SMILES string of the molecule is Cc1cn(C2CCC(COC(C)(C)C)O2)c2ncnc(Cl)c12. The molecule has 0 radical (unpaired) electrons. The minimum atomic E-state index is -0.140. The van der Waals surface area contributed by atoms with Crippen LogP contribution in [0.5, 0.6) is 0 Å². The third-order valence-electron chi connectivity index (χ3n) is 3.85. The molecule has 0 amide bonds. The third-order valence-corrected chi connectivity index (χ3v) is 4.14. The minimum absolute atomic E-state index is 0.0178. The first-order valence-electron chi connectivity index (χ1n) is 7.62. The normalized spacial score (nSPS) is 22.6. The zero-order valence-corrected chi connectivity index (χ0v) is 14.2. The fraction of sp³-hybridized carbons (Fsp3) is 0.625. The molecule has 0 spiro atoms. The highest BCUT2D eigenvalue weighted by molar-refractivity contribution is 6.34. The largest absolute Gasteiger partial charge is 0.373 e.